The summed E-state index contributed by atoms with van der Waals surface area (Å²) in [5.41, 5.74) is 6.50. The number of halogens is 2. The van der Waals surface area contributed by atoms with E-state index in [-0.39, 0.29) is 41.2 Å². The zero-order valence-corrected chi connectivity index (χ0v) is 21.9. The Morgan fingerprint density at radius 1 is 1.03 bits per heavy atom. The molecule has 0 heterocycles. The Morgan fingerprint density at radius 2 is 1.74 bits per heavy atom. The second kappa shape index (κ2) is 14.1. The molecule has 2 aromatic rings. The van der Waals surface area contributed by atoms with Crippen molar-refractivity contribution in [1.82, 2.24) is 10.4 Å². The maximum Gasteiger partial charge on any atom is 0.294 e. The summed E-state index contributed by atoms with van der Waals surface area (Å²) in [6.45, 7) is 3.85. The molecule has 0 bridgehead atoms. The molecule has 0 saturated carbocycles. The normalized spacial score (nSPS) is 15.3. The van der Waals surface area contributed by atoms with Gasteiger partial charge in [-0.2, -0.15) is 8.42 Å². The fraction of sp³-hybridized carbons (Fsp3) is 0.500. The first-order valence-corrected chi connectivity index (χ1v) is 12.8. The van der Waals surface area contributed by atoms with Crippen molar-refractivity contribution in [3.8, 4) is 11.5 Å². The standard InChI is InChI=1S/C24H34N2O5S.2ClH/c1-2-3-4-5-16-26(20-9-12-22-19(17-20)8-13-23(27)24(22)28)25-15-14-18-6-10-21(11-7-18)32(29,30)31;;/h6-8,10-11,13,20,25,27-28H,2-5,9,12,14-17H2,1H3,(H,29,30,31);2*1H. The van der Waals surface area contributed by atoms with Gasteiger partial charge in [-0.25, -0.2) is 5.01 Å². The fourth-order valence-corrected chi connectivity index (χ4v) is 4.82. The molecule has 0 spiro atoms. The Hall–Kier alpha value is -1.55. The van der Waals surface area contributed by atoms with Crippen LogP contribution in [0.4, 0.5) is 0 Å². The van der Waals surface area contributed by atoms with E-state index in [9.17, 15) is 18.6 Å². The van der Waals surface area contributed by atoms with Crippen LogP contribution >= 0.6 is 24.8 Å². The average Bonchev–Trinajstić information content (AvgIpc) is 2.77. The Morgan fingerprint density at radius 3 is 2.38 bits per heavy atom. The number of nitrogens with one attached hydrogen (secondary N) is 1. The largest absolute Gasteiger partial charge is 0.504 e. The number of hydrazine groups is 1. The van der Waals surface area contributed by atoms with Crippen molar-refractivity contribution in [2.45, 2.75) is 69.2 Å². The number of hydrogen-bond acceptors (Lipinski definition) is 6. The first kappa shape index (κ1) is 30.5. The molecule has 1 unspecified atom stereocenters. The van der Waals surface area contributed by atoms with E-state index in [0.29, 0.717) is 12.6 Å². The summed E-state index contributed by atoms with van der Waals surface area (Å²) in [5.74, 6) is -0.0477. The molecule has 0 fully saturated rings. The molecule has 10 heteroatoms. The number of phenols is 2. The van der Waals surface area contributed by atoms with Crippen molar-refractivity contribution in [3.63, 3.8) is 0 Å². The molecule has 0 radical (unpaired) electrons. The number of hydrogen-bond donors (Lipinski definition) is 4. The summed E-state index contributed by atoms with van der Waals surface area (Å²) >= 11 is 0. The summed E-state index contributed by atoms with van der Waals surface area (Å²) in [4.78, 5) is -0.0954. The summed E-state index contributed by atoms with van der Waals surface area (Å²) < 4.78 is 31.5. The quantitative estimate of drug-likeness (QED) is 0.143. The second-order valence-corrected chi connectivity index (χ2v) is 9.92. The van der Waals surface area contributed by atoms with E-state index in [2.05, 4.69) is 17.4 Å². The molecule has 0 aromatic heterocycles. The van der Waals surface area contributed by atoms with Crippen molar-refractivity contribution in [3.05, 3.63) is 53.1 Å². The predicted octanol–water partition coefficient (Wildman–Crippen LogP) is 4.68. The number of unbranched alkanes of at least 4 members (excludes halogenated alkanes) is 3. The number of nitrogens with zero attached hydrogens (tertiary/aromatic N) is 1. The van der Waals surface area contributed by atoms with Gasteiger partial charge in [0, 0.05) is 24.7 Å². The SMILES string of the molecule is CCCCCCN(NCCc1ccc(S(=O)(=O)O)cc1)C1CCc2c(ccc(O)c2O)C1.Cl.Cl. The molecule has 1 atom stereocenters. The van der Waals surface area contributed by atoms with Gasteiger partial charge in [0.2, 0.25) is 0 Å². The molecular formula is C24H36Cl2N2O5S. The van der Waals surface area contributed by atoms with Crippen LogP contribution in [0.1, 0.15) is 55.7 Å². The van der Waals surface area contributed by atoms with Crippen LogP contribution < -0.4 is 5.43 Å². The van der Waals surface area contributed by atoms with Gasteiger partial charge in [0.1, 0.15) is 0 Å². The molecule has 2 aromatic carbocycles. The molecular weight excluding hydrogens is 499 g/mol. The smallest absolute Gasteiger partial charge is 0.294 e. The van der Waals surface area contributed by atoms with Gasteiger partial charge in [0.25, 0.3) is 10.1 Å². The zero-order valence-electron chi connectivity index (χ0n) is 19.4. The minimum absolute atomic E-state index is 0. The van der Waals surface area contributed by atoms with Gasteiger partial charge in [0.05, 0.1) is 4.90 Å². The molecule has 34 heavy (non-hydrogen) atoms. The highest BCUT2D eigenvalue weighted by Gasteiger charge is 2.26. The van der Waals surface area contributed by atoms with Gasteiger partial charge >= 0.3 is 0 Å². The molecule has 3 rings (SSSR count). The van der Waals surface area contributed by atoms with Gasteiger partial charge in [0.15, 0.2) is 11.5 Å². The predicted molar refractivity (Wildman–Crippen MR) is 139 cm³/mol. The van der Waals surface area contributed by atoms with Gasteiger partial charge < -0.3 is 10.2 Å². The van der Waals surface area contributed by atoms with Crippen LogP contribution in [0.2, 0.25) is 0 Å². The van der Waals surface area contributed by atoms with E-state index in [1.165, 1.54) is 31.4 Å². The third kappa shape index (κ3) is 8.29. The van der Waals surface area contributed by atoms with Crippen LogP contribution in [0.25, 0.3) is 0 Å². The topological polar surface area (TPSA) is 110 Å². The van der Waals surface area contributed by atoms with Crippen LogP contribution in [0.3, 0.4) is 0 Å². The summed E-state index contributed by atoms with van der Waals surface area (Å²) in [7, 11) is -4.17. The van der Waals surface area contributed by atoms with Crippen LogP contribution in [-0.4, -0.2) is 47.3 Å². The van der Waals surface area contributed by atoms with E-state index in [0.717, 1.165) is 55.3 Å². The second-order valence-electron chi connectivity index (χ2n) is 8.50. The van der Waals surface area contributed by atoms with Crippen LogP contribution in [0.15, 0.2) is 41.3 Å². The number of rotatable bonds is 11. The van der Waals surface area contributed by atoms with Crippen LogP contribution in [-0.2, 0) is 29.4 Å². The van der Waals surface area contributed by atoms with Crippen molar-refractivity contribution in [1.29, 1.82) is 0 Å². The van der Waals surface area contributed by atoms with Crippen LogP contribution in [0, 0.1) is 0 Å². The maximum absolute atomic E-state index is 11.2. The van der Waals surface area contributed by atoms with E-state index < -0.39 is 10.1 Å². The van der Waals surface area contributed by atoms with Gasteiger partial charge in [-0.1, -0.05) is 44.4 Å². The Balaban J connectivity index is 0.00000289. The molecule has 0 aliphatic heterocycles. The van der Waals surface area contributed by atoms with Crippen molar-refractivity contribution < 1.29 is 23.2 Å². The van der Waals surface area contributed by atoms with Crippen molar-refractivity contribution in [2.24, 2.45) is 0 Å². The highest BCUT2D eigenvalue weighted by molar-refractivity contribution is 7.85. The molecule has 7 nitrogen and oxygen atoms in total. The van der Waals surface area contributed by atoms with Crippen molar-refractivity contribution >= 4 is 34.9 Å². The Bertz CT molecular complexity index is 1000. The number of benzene rings is 2. The third-order valence-electron chi connectivity index (χ3n) is 6.18. The fourth-order valence-electron chi connectivity index (χ4n) is 4.34. The van der Waals surface area contributed by atoms with E-state index in [4.69, 9.17) is 4.55 Å². The molecule has 1 aliphatic carbocycles. The molecule has 192 valence electrons. The van der Waals surface area contributed by atoms with Gasteiger partial charge in [-0.3, -0.25) is 9.98 Å². The first-order chi connectivity index (χ1) is 15.3. The van der Waals surface area contributed by atoms with E-state index in [1.807, 2.05) is 6.07 Å². The lowest BCUT2D eigenvalue weighted by molar-refractivity contribution is 0.109. The zero-order chi connectivity index (χ0) is 23.1. The summed E-state index contributed by atoms with van der Waals surface area (Å²) in [6.07, 6.45) is 7.86. The lowest BCUT2D eigenvalue weighted by Crippen LogP contribution is -2.49. The highest BCUT2D eigenvalue weighted by Crippen LogP contribution is 2.36. The van der Waals surface area contributed by atoms with E-state index >= 15 is 0 Å². The van der Waals surface area contributed by atoms with Gasteiger partial charge in [-0.15, -0.1) is 24.8 Å². The molecule has 0 amide bonds. The maximum atomic E-state index is 11.2. The summed E-state index contributed by atoms with van der Waals surface area (Å²) in [5, 5.41) is 22.3. The lowest BCUT2D eigenvalue weighted by Gasteiger charge is -2.36. The number of fused-ring (bicyclic) bond motifs is 1. The van der Waals surface area contributed by atoms with Crippen LogP contribution in [0.5, 0.6) is 11.5 Å². The molecule has 4 N–H and O–H groups in total. The van der Waals surface area contributed by atoms with Crippen molar-refractivity contribution in [2.75, 3.05) is 13.1 Å². The lowest BCUT2D eigenvalue weighted by atomic mass is 9.87. The minimum atomic E-state index is -4.17. The Kier molecular flexibility index (Phi) is 12.7. The third-order valence-corrected chi connectivity index (χ3v) is 7.05. The average molecular weight is 536 g/mol. The molecule has 1 aliphatic rings. The minimum Gasteiger partial charge on any atom is -0.504 e. The number of phenolic OH excluding ortho intramolecular Hbond substituents is 2. The highest BCUT2D eigenvalue weighted by atomic mass is 35.5. The number of aromatic hydroxyl groups is 2. The molecule has 0 saturated heterocycles. The first-order valence-electron chi connectivity index (χ1n) is 11.4. The van der Waals surface area contributed by atoms with Gasteiger partial charge in [-0.05, 0) is 61.4 Å². The monoisotopic (exact) mass is 534 g/mol. The van der Waals surface area contributed by atoms with E-state index in [1.54, 1.807) is 18.2 Å². The Labute approximate surface area is 215 Å². The summed E-state index contributed by atoms with van der Waals surface area (Å²) in [6, 6.07) is 10.1.